The van der Waals surface area contributed by atoms with E-state index in [-0.39, 0.29) is 12.5 Å². The first-order chi connectivity index (χ1) is 9.77. The molecular formula is C16H25NO3. The molecule has 0 aliphatic rings. The van der Waals surface area contributed by atoms with Gasteiger partial charge in [-0.2, -0.15) is 0 Å². The van der Waals surface area contributed by atoms with Gasteiger partial charge in [-0.05, 0) is 49.9 Å². The van der Waals surface area contributed by atoms with E-state index in [4.69, 9.17) is 9.84 Å². The summed E-state index contributed by atoms with van der Waals surface area (Å²) < 4.78 is 5.55. The molecule has 0 saturated carbocycles. The van der Waals surface area contributed by atoms with Crippen LogP contribution in [-0.2, 0) is 0 Å². The zero-order valence-corrected chi connectivity index (χ0v) is 12.2. The molecule has 4 heteroatoms. The molecule has 0 unspecified atom stereocenters. The molecule has 1 aromatic rings. The fraction of sp³-hybridized carbons (Fsp3) is 0.562. The number of nitrogens with one attached hydrogen (secondary N) is 1. The number of unbranched alkanes of at least 4 members (excludes halogenated alkanes) is 3. The van der Waals surface area contributed by atoms with Crippen molar-refractivity contribution in [3.63, 3.8) is 0 Å². The molecule has 1 aromatic carbocycles. The third-order valence-electron chi connectivity index (χ3n) is 3.00. The number of rotatable bonds is 10. The van der Waals surface area contributed by atoms with E-state index in [1.165, 1.54) is 0 Å². The van der Waals surface area contributed by atoms with Crippen molar-refractivity contribution in [3.8, 4) is 5.75 Å². The normalized spacial score (nSPS) is 10.3. The summed E-state index contributed by atoms with van der Waals surface area (Å²) in [4.78, 5) is 11.8. The Balaban J connectivity index is 2.30. The van der Waals surface area contributed by atoms with Crippen molar-refractivity contribution >= 4 is 5.91 Å². The smallest absolute Gasteiger partial charge is 0.251 e. The lowest BCUT2D eigenvalue weighted by Crippen LogP contribution is -2.24. The molecule has 1 amide bonds. The molecule has 0 aromatic heterocycles. The number of benzene rings is 1. The van der Waals surface area contributed by atoms with Crippen molar-refractivity contribution < 1.29 is 14.6 Å². The first-order valence-corrected chi connectivity index (χ1v) is 7.40. The summed E-state index contributed by atoms with van der Waals surface area (Å²) in [6.07, 6.45) is 4.76. The van der Waals surface area contributed by atoms with E-state index in [2.05, 4.69) is 12.2 Å². The van der Waals surface area contributed by atoms with Crippen LogP contribution in [-0.4, -0.2) is 30.8 Å². The molecule has 1 rings (SSSR count). The van der Waals surface area contributed by atoms with Crippen LogP contribution in [0, 0.1) is 0 Å². The van der Waals surface area contributed by atoms with Crippen LogP contribution in [0.4, 0.5) is 0 Å². The van der Waals surface area contributed by atoms with E-state index < -0.39 is 0 Å². The highest BCUT2D eigenvalue weighted by Gasteiger charge is 2.04. The maximum absolute atomic E-state index is 11.8. The van der Waals surface area contributed by atoms with Gasteiger partial charge in [-0.3, -0.25) is 4.79 Å². The molecule has 4 nitrogen and oxygen atoms in total. The minimum Gasteiger partial charge on any atom is -0.494 e. The second-order valence-corrected chi connectivity index (χ2v) is 4.77. The fourth-order valence-electron chi connectivity index (χ4n) is 1.75. The Bertz CT molecular complexity index is 376. The van der Waals surface area contributed by atoms with Gasteiger partial charge in [0.1, 0.15) is 5.75 Å². The molecular weight excluding hydrogens is 254 g/mol. The number of ether oxygens (including phenoxy) is 1. The Hall–Kier alpha value is -1.55. The minimum atomic E-state index is -0.0610. The number of hydrogen-bond donors (Lipinski definition) is 2. The standard InChI is InChI=1S/C16H25NO3/c1-2-3-13-20-15-9-7-14(8-10-15)16(19)17-11-5-4-6-12-18/h7-10,18H,2-6,11-13H2,1H3,(H,17,19). The van der Waals surface area contributed by atoms with Gasteiger partial charge in [0.2, 0.25) is 0 Å². The molecule has 0 spiro atoms. The maximum Gasteiger partial charge on any atom is 0.251 e. The van der Waals surface area contributed by atoms with E-state index in [1.807, 2.05) is 12.1 Å². The zero-order valence-electron chi connectivity index (χ0n) is 12.2. The SMILES string of the molecule is CCCCOc1ccc(C(=O)NCCCCCO)cc1. The summed E-state index contributed by atoms with van der Waals surface area (Å²) in [5, 5.41) is 11.5. The first-order valence-electron chi connectivity index (χ1n) is 7.40. The van der Waals surface area contributed by atoms with Gasteiger partial charge < -0.3 is 15.2 Å². The summed E-state index contributed by atoms with van der Waals surface area (Å²) in [5.74, 6) is 0.743. The quantitative estimate of drug-likeness (QED) is 0.647. The lowest BCUT2D eigenvalue weighted by Gasteiger charge is -2.07. The van der Waals surface area contributed by atoms with Crippen LogP contribution >= 0.6 is 0 Å². The van der Waals surface area contributed by atoms with Crippen molar-refractivity contribution in [2.45, 2.75) is 39.0 Å². The van der Waals surface area contributed by atoms with E-state index in [1.54, 1.807) is 12.1 Å². The molecule has 0 aliphatic carbocycles. The van der Waals surface area contributed by atoms with Crippen LogP contribution in [0.15, 0.2) is 24.3 Å². The predicted octanol–water partition coefficient (Wildman–Crippen LogP) is 2.76. The van der Waals surface area contributed by atoms with E-state index in [9.17, 15) is 4.79 Å². The van der Waals surface area contributed by atoms with Crippen molar-refractivity contribution in [2.75, 3.05) is 19.8 Å². The second kappa shape index (κ2) is 10.3. The Kier molecular flexibility index (Phi) is 8.47. The number of hydrogen-bond acceptors (Lipinski definition) is 3. The van der Waals surface area contributed by atoms with Crippen molar-refractivity contribution in [2.24, 2.45) is 0 Å². The molecule has 0 fully saturated rings. The predicted molar refractivity (Wildman–Crippen MR) is 80.1 cm³/mol. The molecule has 0 aliphatic heterocycles. The van der Waals surface area contributed by atoms with Gasteiger partial charge in [0.15, 0.2) is 0 Å². The van der Waals surface area contributed by atoms with Crippen molar-refractivity contribution in [3.05, 3.63) is 29.8 Å². The van der Waals surface area contributed by atoms with E-state index in [0.717, 1.165) is 37.9 Å². The molecule has 112 valence electrons. The van der Waals surface area contributed by atoms with Crippen LogP contribution in [0.3, 0.4) is 0 Å². The number of carbonyl (C=O) groups is 1. The number of aliphatic hydroxyl groups excluding tert-OH is 1. The summed E-state index contributed by atoms with van der Waals surface area (Å²) in [7, 11) is 0. The van der Waals surface area contributed by atoms with Crippen LogP contribution in [0.2, 0.25) is 0 Å². The van der Waals surface area contributed by atoms with Gasteiger partial charge in [-0.15, -0.1) is 0 Å². The number of amides is 1. The summed E-state index contributed by atoms with van der Waals surface area (Å²) in [6.45, 7) is 3.70. The highest BCUT2D eigenvalue weighted by atomic mass is 16.5. The van der Waals surface area contributed by atoms with Gasteiger partial charge in [-0.1, -0.05) is 13.3 Å². The molecule has 2 N–H and O–H groups in total. The van der Waals surface area contributed by atoms with Crippen molar-refractivity contribution in [1.82, 2.24) is 5.32 Å². The Morgan fingerprint density at radius 3 is 2.55 bits per heavy atom. The molecule has 0 atom stereocenters. The Morgan fingerprint density at radius 2 is 1.90 bits per heavy atom. The Labute approximate surface area is 121 Å². The van der Waals surface area contributed by atoms with Gasteiger partial charge >= 0.3 is 0 Å². The highest BCUT2D eigenvalue weighted by Crippen LogP contribution is 2.12. The topological polar surface area (TPSA) is 58.6 Å². The lowest BCUT2D eigenvalue weighted by molar-refractivity contribution is 0.0953. The summed E-state index contributed by atoms with van der Waals surface area (Å²) in [5.41, 5.74) is 0.648. The van der Waals surface area contributed by atoms with Crippen molar-refractivity contribution in [1.29, 1.82) is 0 Å². The van der Waals surface area contributed by atoms with Crippen LogP contribution in [0.5, 0.6) is 5.75 Å². The third kappa shape index (κ3) is 6.57. The number of carbonyl (C=O) groups excluding carboxylic acids is 1. The van der Waals surface area contributed by atoms with Crippen LogP contribution < -0.4 is 10.1 Å². The molecule has 20 heavy (non-hydrogen) atoms. The van der Waals surface area contributed by atoms with Crippen LogP contribution in [0.25, 0.3) is 0 Å². The highest BCUT2D eigenvalue weighted by molar-refractivity contribution is 5.94. The van der Waals surface area contributed by atoms with Gasteiger partial charge in [0, 0.05) is 18.7 Å². The minimum absolute atomic E-state index is 0.0610. The average molecular weight is 279 g/mol. The second-order valence-electron chi connectivity index (χ2n) is 4.77. The molecule has 0 heterocycles. The number of aliphatic hydroxyl groups is 1. The largest absolute Gasteiger partial charge is 0.494 e. The molecule has 0 saturated heterocycles. The first kappa shape index (κ1) is 16.5. The zero-order chi connectivity index (χ0) is 14.6. The van der Waals surface area contributed by atoms with Gasteiger partial charge in [0.05, 0.1) is 6.61 Å². The summed E-state index contributed by atoms with van der Waals surface area (Å²) in [6, 6.07) is 7.22. The average Bonchev–Trinajstić information content (AvgIpc) is 2.48. The van der Waals surface area contributed by atoms with Crippen LogP contribution in [0.1, 0.15) is 49.4 Å². The molecule has 0 bridgehead atoms. The lowest BCUT2D eigenvalue weighted by atomic mass is 10.2. The van der Waals surface area contributed by atoms with Gasteiger partial charge in [-0.25, -0.2) is 0 Å². The third-order valence-corrected chi connectivity index (χ3v) is 3.00. The van der Waals surface area contributed by atoms with E-state index in [0.29, 0.717) is 18.7 Å². The molecule has 0 radical (unpaired) electrons. The fourth-order valence-corrected chi connectivity index (χ4v) is 1.75. The monoisotopic (exact) mass is 279 g/mol. The summed E-state index contributed by atoms with van der Waals surface area (Å²) >= 11 is 0. The Morgan fingerprint density at radius 1 is 1.15 bits per heavy atom. The van der Waals surface area contributed by atoms with E-state index >= 15 is 0 Å². The van der Waals surface area contributed by atoms with Gasteiger partial charge in [0.25, 0.3) is 5.91 Å². The maximum atomic E-state index is 11.8.